The highest BCUT2D eigenvalue weighted by atomic mass is 32.2. The first kappa shape index (κ1) is 15.9. The number of nitrogens with two attached hydrogens (primary N) is 1. The van der Waals surface area contributed by atoms with Crippen molar-refractivity contribution in [2.24, 2.45) is 5.73 Å². The van der Waals surface area contributed by atoms with Crippen molar-refractivity contribution in [3.63, 3.8) is 0 Å². The number of rotatable bonds is 6. The molecule has 0 radical (unpaired) electrons. The second-order valence-electron chi connectivity index (χ2n) is 4.98. The molecule has 0 aliphatic carbocycles. The van der Waals surface area contributed by atoms with E-state index in [2.05, 4.69) is 4.72 Å². The van der Waals surface area contributed by atoms with Gasteiger partial charge in [-0.2, -0.15) is 0 Å². The van der Waals surface area contributed by atoms with E-state index >= 15 is 0 Å². The van der Waals surface area contributed by atoms with Crippen molar-refractivity contribution >= 4 is 21.6 Å². The number of nitrogens with one attached hydrogen (secondary N) is 1. The van der Waals surface area contributed by atoms with Crippen molar-refractivity contribution in [2.45, 2.75) is 31.1 Å². The van der Waals surface area contributed by atoms with E-state index in [-0.39, 0.29) is 10.8 Å². The lowest BCUT2D eigenvalue weighted by molar-refractivity contribution is -0.118. The zero-order valence-electron chi connectivity index (χ0n) is 12.1. The van der Waals surface area contributed by atoms with Crippen LogP contribution in [0.1, 0.15) is 25.3 Å². The van der Waals surface area contributed by atoms with Crippen molar-refractivity contribution in [1.82, 2.24) is 4.72 Å². The Hall–Kier alpha value is -1.44. The minimum Gasteiger partial charge on any atom is -0.330 e. The molecule has 0 aromatic heterocycles. The van der Waals surface area contributed by atoms with Gasteiger partial charge >= 0.3 is 0 Å². The number of fused-ring (bicyclic) bond motifs is 1. The smallest absolute Gasteiger partial charge is 0.240 e. The van der Waals surface area contributed by atoms with E-state index < -0.39 is 10.0 Å². The number of carbonyl (C=O) groups excluding carboxylic acids is 1. The van der Waals surface area contributed by atoms with Crippen LogP contribution in [0.5, 0.6) is 0 Å². The molecule has 0 unspecified atom stereocenters. The van der Waals surface area contributed by atoms with Crippen LogP contribution < -0.4 is 15.4 Å². The molecular formula is C14H21N3O3S. The Morgan fingerprint density at radius 3 is 2.86 bits per heavy atom. The van der Waals surface area contributed by atoms with Crippen LogP contribution in [0, 0.1) is 0 Å². The van der Waals surface area contributed by atoms with Gasteiger partial charge in [-0.1, -0.05) is 13.0 Å². The van der Waals surface area contributed by atoms with Crippen molar-refractivity contribution in [3.8, 4) is 0 Å². The van der Waals surface area contributed by atoms with Gasteiger partial charge < -0.3 is 10.6 Å². The van der Waals surface area contributed by atoms with Gasteiger partial charge in [0, 0.05) is 25.2 Å². The van der Waals surface area contributed by atoms with Gasteiger partial charge in [0.25, 0.3) is 0 Å². The van der Waals surface area contributed by atoms with E-state index in [9.17, 15) is 13.2 Å². The molecule has 1 aromatic rings. The number of carbonyl (C=O) groups is 1. The molecular weight excluding hydrogens is 290 g/mol. The van der Waals surface area contributed by atoms with Crippen LogP contribution in [0.15, 0.2) is 23.1 Å². The van der Waals surface area contributed by atoms with Crippen LogP contribution in [0.3, 0.4) is 0 Å². The normalized spacial score (nSPS) is 14.3. The Morgan fingerprint density at radius 1 is 1.43 bits per heavy atom. The second-order valence-corrected chi connectivity index (χ2v) is 6.75. The standard InChI is InChI=1S/C14H21N3O3S/c1-2-16-21(19,20)12-6-5-11-7-9-17(13(11)10-12)14(18)4-3-8-15/h5-6,10,16H,2-4,7-9,15H2,1H3. The monoisotopic (exact) mass is 311 g/mol. The molecule has 0 atom stereocenters. The summed E-state index contributed by atoms with van der Waals surface area (Å²) in [6.07, 6.45) is 1.78. The SMILES string of the molecule is CCNS(=O)(=O)c1ccc2c(c1)N(C(=O)CCCN)CC2. The van der Waals surface area contributed by atoms with E-state index in [0.29, 0.717) is 38.2 Å². The Morgan fingerprint density at radius 2 is 2.19 bits per heavy atom. The third-order valence-electron chi connectivity index (χ3n) is 3.49. The average Bonchev–Trinajstić information content (AvgIpc) is 2.87. The Bertz CT molecular complexity index is 628. The maximum atomic E-state index is 12.2. The van der Waals surface area contributed by atoms with E-state index in [1.165, 1.54) is 0 Å². The van der Waals surface area contributed by atoms with Gasteiger partial charge in [0.05, 0.1) is 4.90 Å². The van der Waals surface area contributed by atoms with Crippen molar-refractivity contribution in [1.29, 1.82) is 0 Å². The summed E-state index contributed by atoms with van der Waals surface area (Å²) >= 11 is 0. The van der Waals surface area contributed by atoms with Crippen LogP contribution in [-0.4, -0.2) is 34.0 Å². The van der Waals surface area contributed by atoms with E-state index in [4.69, 9.17) is 5.73 Å². The fourth-order valence-electron chi connectivity index (χ4n) is 2.45. The molecule has 6 nitrogen and oxygen atoms in total. The van der Waals surface area contributed by atoms with E-state index in [0.717, 1.165) is 12.0 Å². The number of anilines is 1. The lowest BCUT2D eigenvalue weighted by atomic mass is 10.2. The summed E-state index contributed by atoms with van der Waals surface area (Å²) in [6, 6.07) is 4.96. The Labute approximate surface area is 125 Å². The summed E-state index contributed by atoms with van der Waals surface area (Å²) in [5.41, 5.74) is 7.14. The highest BCUT2D eigenvalue weighted by Gasteiger charge is 2.26. The third-order valence-corrected chi connectivity index (χ3v) is 5.04. The summed E-state index contributed by atoms with van der Waals surface area (Å²) in [5.74, 6) is -0.00259. The molecule has 116 valence electrons. The molecule has 2 rings (SSSR count). The molecule has 0 saturated heterocycles. The molecule has 3 N–H and O–H groups in total. The number of sulfonamides is 1. The number of nitrogens with zero attached hydrogens (tertiary/aromatic N) is 1. The molecule has 1 heterocycles. The van der Waals surface area contributed by atoms with Crippen molar-refractivity contribution in [2.75, 3.05) is 24.5 Å². The summed E-state index contributed by atoms with van der Waals surface area (Å²) in [6.45, 7) is 3.14. The van der Waals surface area contributed by atoms with Crippen molar-refractivity contribution in [3.05, 3.63) is 23.8 Å². The van der Waals surface area contributed by atoms with E-state index in [1.807, 2.05) is 0 Å². The quantitative estimate of drug-likeness (QED) is 0.805. The average molecular weight is 311 g/mol. The molecule has 0 saturated carbocycles. The Kier molecular flexibility index (Phi) is 4.97. The number of hydrogen-bond acceptors (Lipinski definition) is 4. The zero-order chi connectivity index (χ0) is 15.5. The van der Waals surface area contributed by atoms with Gasteiger partial charge in [-0.15, -0.1) is 0 Å². The number of hydrogen-bond donors (Lipinski definition) is 2. The minimum absolute atomic E-state index is 0.00259. The first-order valence-corrected chi connectivity index (χ1v) is 8.61. The summed E-state index contributed by atoms with van der Waals surface area (Å²) in [5, 5.41) is 0. The maximum absolute atomic E-state index is 12.2. The summed E-state index contributed by atoms with van der Waals surface area (Å²) in [4.78, 5) is 14.0. The predicted octanol–water partition coefficient (Wildman–Crippen LogP) is 0.613. The molecule has 0 fully saturated rings. The number of amides is 1. The fourth-order valence-corrected chi connectivity index (χ4v) is 3.51. The van der Waals surface area contributed by atoms with Gasteiger partial charge in [0.15, 0.2) is 0 Å². The minimum atomic E-state index is -3.51. The molecule has 0 spiro atoms. The van der Waals surface area contributed by atoms with Gasteiger partial charge in [0.1, 0.15) is 0 Å². The van der Waals surface area contributed by atoms with Crippen molar-refractivity contribution < 1.29 is 13.2 Å². The molecule has 21 heavy (non-hydrogen) atoms. The second kappa shape index (κ2) is 6.55. The first-order valence-electron chi connectivity index (χ1n) is 7.12. The Balaban J connectivity index is 2.29. The van der Waals surface area contributed by atoms with Gasteiger partial charge in [0.2, 0.25) is 15.9 Å². The summed E-state index contributed by atoms with van der Waals surface area (Å²) < 4.78 is 26.6. The predicted molar refractivity (Wildman–Crippen MR) is 81.6 cm³/mol. The molecule has 1 amide bonds. The maximum Gasteiger partial charge on any atom is 0.240 e. The van der Waals surface area contributed by atoms with Crippen LogP contribution in [0.25, 0.3) is 0 Å². The molecule has 7 heteroatoms. The third kappa shape index (κ3) is 3.42. The highest BCUT2D eigenvalue weighted by Crippen LogP contribution is 2.31. The highest BCUT2D eigenvalue weighted by molar-refractivity contribution is 7.89. The fraction of sp³-hybridized carbons (Fsp3) is 0.500. The van der Waals surface area contributed by atoms with Crippen LogP contribution in [0.2, 0.25) is 0 Å². The molecule has 1 aromatic carbocycles. The van der Waals surface area contributed by atoms with Gasteiger partial charge in [-0.3, -0.25) is 4.79 Å². The zero-order valence-corrected chi connectivity index (χ0v) is 12.9. The van der Waals surface area contributed by atoms with E-state index in [1.54, 1.807) is 30.0 Å². The first-order chi connectivity index (χ1) is 9.99. The van der Waals surface area contributed by atoms with Crippen LogP contribution in [-0.2, 0) is 21.2 Å². The summed E-state index contributed by atoms with van der Waals surface area (Å²) in [7, 11) is -3.51. The lowest BCUT2D eigenvalue weighted by Crippen LogP contribution is -2.29. The van der Waals surface area contributed by atoms with Gasteiger partial charge in [-0.25, -0.2) is 13.1 Å². The van der Waals surface area contributed by atoms with Crippen LogP contribution in [0.4, 0.5) is 5.69 Å². The topological polar surface area (TPSA) is 92.5 Å². The molecule has 1 aliphatic heterocycles. The van der Waals surface area contributed by atoms with Gasteiger partial charge in [-0.05, 0) is 37.1 Å². The molecule has 1 aliphatic rings. The lowest BCUT2D eigenvalue weighted by Gasteiger charge is -2.18. The largest absolute Gasteiger partial charge is 0.330 e. The number of benzene rings is 1. The van der Waals surface area contributed by atoms with Crippen LogP contribution >= 0.6 is 0 Å². The molecule has 0 bridgehead atoms.